The van der Waals surface area contributed by atoms with Crippen LogP contribution in [0.15, 0.2) is 72.9 Å². The average molecular weight is 533 g/mol. The predicted molar refractivity (Wildman–Crippen MR) is 147 cm³/mol. The summed E-state index contributed by atoms with van der Waals surface area (Å²) in [5.74, 6) is -0.491. The highest BCUT2D eigenvalue weighted by molar-refractivity contribution is 6.01. The highest BCUT2D eigenvalue weighted by Gasteiger charge is 2.34. The Morgan fingerprint density at radius 1 is 1.03 bits per heavy atom. The lowest BCUT2D eigenvalue weighted by molar-refractivity contribution is -0.127. The number of nitrogens with zero attached hydrogens (tertiary/aromatic N) is 2. The minimum absolute atomic E-state index is 0.0183. The van der Waals surface area contributed by atoms with E-state index in [1.54, 1.807) is 61.8 Å². The van der Waals surface area contributed by atoms with Crippen molar-refractivity contribution in [3.63, 3.8) is 0 Å². The van der Waals surface area contributed by atoms with E-state index in [1.165, 1.54) is 23.1 Å². The Morgan fingerprint density at radius 2 is 1.79 bits per heavy atom. The maximum Gasteiger partial charge on any atom is 0.248 e. The summed E-state index contributed by atoms with van der Waals surface area (Å²) >= 11 is 0. The topological polar surface area (TPSA) is 101 Å². The molecule has 4 rings (SSSR count). The highest BCUT2D eigenvalue weighted by atomic mass is 19.1. The van der Waals surface area contributed by atoms with Crippen LogP contribution in [-0.4, -0.2) is 35.9 Å². The lowest BCUT2D eigenvalue weighted by atomic mass is 10.0. The van der Waals surface area contributed by atoms with Crippen molar-refractivity contribution < 1.29 is 23.5 Å². The maximum atomic E-state index is 14.3. The molecule has 0 saturated heterocycles. The summed E-state index contributed by atoms with van der Waals surface area (Å²) in [7, 11) is 1.55. The molecular formula is C30H33FN4O4. The van der Waals surface area contributed by atoms with Crippen LogP contribution < -0.4 is 20.3 Å². The number of aromatic nitrogens is 1. The first-order chi connectivity index (χ1) is 18.9. The van der Waals surface area contributed by atoms with Gasteiger partial charge in [-0.2, -0.15) is 0 Å². The van der Waals surface area contributed by atoms with Crippen molar-refractivity contribution in [2.75, 3.05) is 17.3 Å². The summed E-state index contributed by atoms with van der Waals surface area (Å²) in [6.07, 6.45) is 5.70. The molecule has 3 amide bonds. The Balaban J connectivity index is 1.58. The Labute approximate surface area is 227 Å². The minimum Gasteiger partial charge on any atom is -0.497 e. The van der Waals surface area contributed by atoms with E-state index in [2.05, 4.69) is 15.6 Å². The summed E-state index contributed by atoms with van der Waals surface area (Å²) in [5, 5.41) is 5.80. The van der Waals surface area contributed by atoms with E-state index in [-0.39, 0.29) is 42.8 Å². The Bertz CT molecular complexity index is 1260. The third kappa shape index (κ3) is 7.63. The first-order valence-electron chi connectivity index (χ1n) is 13.2. The van der Waals surface area contributed by atoms with Gasteiger partial charge in [-0.1, -0.05) is 37.1 Å². The van der Waals surface area contributed by atoms with E-state index < -0.39 is 17.8 Å². The molecule has 1 heterocycles. The third-order valence-electron chi connectivity index (χ3n) is 6.72. The molecule has 8 nitrogen and oxygen atoms in total. The summed E-state index contributed by atoms with van der Waals surface area (Å²) in [5.41, 5.74) is 0.831. The molecule has 0 bridgehead atoms. The van der Waals surface area contributed by atoms with Gasteiger partial charge < -0.3 is 15.4 Å². The van der Waals surface area contributed by atoms with Gasteiger partial charge in [-0.05, 0) is 67.3 Å². The zero-order valence-corrected chi connectivity index (χ0v) is 21.9. The molecule has 204 valence electrons. The van der Waals surface area contributed by atoms with Crippen molar-refractivity contribution in [2.45, 2.75) is 57.0 Å². The molecule has 1 fully saturated rings. The van der Waals surface area contributed by atoms with Crippen LogP contribution >= 0.6 is 0 Å². The van der Waals surface area contributed by atoms with Crippen LogP contribution in [0.5, 0.6) is 5.75 Å². The number of hydrogen-bond acceptors (Lipinski definition) is 5. The van der Waals surface area contributed by atoms with Gasteiger partial charge in [0.15, 0.2) is 0 Å². The summed E-state index contributed by atoms with van der Waals surface area (Å²) in [6, 6.07) is 16.7. The Hall–Kier alpha value is -4.27. The molecule has 1 saturated carbocycles. The fourth-order valence-corrected chi connectivity index (χ4v) is 4.78. The Morgan fingerprint density at radius 3 is 2.46 bits per heavy atom. The zero-order chi connectivity index (χ0) is 27.6. The van der Waals surface area contributed by atoms with E-state index in [0.717, 1.165) is 25.7 Å². The first kappa shape index (κ1) is 27.8. The number of ether oxygens (including phenoxy) is 1. The smallest absolute Gasteiger partial charge is 0.248 e. The fourth-order valence-electron chi connectivity index (χ4n) is 4.78. The third-order valence-corrected chi connectivity index (χ3v) is 6.72. The summed E-state index contributed by atoms with van der Waals surface area (Å²) < 4.78 is 19.6. The lowest BCUT2D eigenvalue weighted by Crippen LogP contribution is -2.46. The average Bonchev–Trinajstić information content (AvgIpc) is 3.45. The number of carbonyl (C=O) groups excluding carboxylic acids is 3. The number of anilines is 2. The number of benzene rings is 2. The fraction of sp³-hybridized carbons (Fsp3) is 0.333. The quantitative estimate of drug-likeness (QED) is 0.355. The molecule has 39 heavy (non-hydrogen) atoms. The van der Waals surface area contributed by atoms with E-state index in [1.807, 2.05) is 0 Å². The molecule has 9 heteroatoms. The molecule has 1 atom stereocenters. The number of rotatable bonds is 11. The molecule has 3 aromatic rings. The van der Waals surface area contributed by atoms with Crippen LogP contribution in [-0.2, 0) is 14.4 Å². The second kappa shape index (κ2) is 13.5. The normalized spacial score (nSPS) is 13.9. The van der Waals surface area contributed by atoms with Crippen LogP contribution in [0.3, 0.4) is 0 Å². The van der Waals surface area contributed by atoms with Crippen LogP contribution in [0, 0.1) is 5.82 Å². The van der Waals surface area contributed by atoms with Crippen molar-refractivity contribution in [3.8, 4) is 5.75 Å². The first-order valence-corrected chi connectivity index (χ1v) is 13.2. The van der Waals surface area contributed by atoms with Gasteiger partial charge in [0.1, 0.15) is 23.4 Å². The summed E-state index contributed by atoms with van der Waals surface area (Å²) in [6.45, 7) is 0. The molecular weight excluding hydrogens is 499 g/mol. The second-order valence-electron chi connectivity index (χ2n) is 9.53. The van der Waals surface area contributed by atoms with Gasteiger partial charge in [-0.25, -0.2) is 9.37 Å². The monoisotopic (exact) mass is 532 g/mol. The SMILES string of the molecule is COc1ccc([C@@H](C(=O)NC2CCCC2)N(C(=O)CCCC(=O)Nc2ccccn2)c2cccc(F)c2)cc1. The molecule has 0 aliphatic heterocycles. The van der Waals surface area contributed by atoms with Gasteiger partial charge in [0.2, 0.25) is 17.7 Å². The molecule has 0 unspecified atom stereocenters. The van der Waals surface area contributed by atoms with Gasteiger partial charge >= 0.3 is 0 Å². The van der Waals surface area contributed by atoms with Crippen molar-refractivity contribution in [1.82, 2.24) is 10.3 Å². The maximum absolute atomic E-state index is 14.3. The van der Waals surface area contributed by atoms with Crippen molar-refractivity contribution in [1.29, 1.82) is 0 Å². The second-order valence-corrected chi connectivity index (χ2v) is 9.53. The van der Waals surface area contributed by atoms with E-state index in [4.69, 9.17) is 4.74 Å². The zero-order valence-electron chi connectivity index (χ0n) is 21.9. The number of carbonyl (C=O) groups is 3. The van der Waals surface area contributed by atoms with Crippen LogP contribution in [0.25, 0.3) is 0 Å². The van der Waals surface area contributed by atoms with Gasteiger partial charge in [0.05, 0.1) is 7.11 Å². The molecule has 2 aromatic carbocycles. The van der Waals surface area contributed by atoms with Crippen LogP contribution in [0.2, 0.25) is 0 Å². The van der Waals surface area contributed by atoms with Crippen LogP contribution in [0.4, 0.5) is 15.9 Å². The van der Waals surface area contributed by atoms with Crippen molar-refractivity contribution >= 4 is 29.2 Å². The van der Waals surface area contributed by atoms with Gasteiger partial charge in [0.25, 0.3) is 0 Å². The van der Waals surface area contributed by atoms with Gasteiger partial charge in [0, 0.05) is 30.8 Å². The van der Waals surface area contributed by atoms with E-state index in [0.29, 0.717) is 17.1 Å². The number of hydrogen-bond donors (Lipinski definition) is 2. The number of amides is 3. The minimum atomic E-state index is -1.03. The number of halogens is 1. The lowest BCUT2D eigenvalue weighted by Gasteiger charge is -2.32. The molecule has 2 N–H and O–H groups in total. The largest absolute Gasteiger partial charge is 0.497 e. The van der Waals surface area contributed by atoms with E-state index in [9.17, 15) is 18.8 Å². The summed E-state index contributed by atoms with van der Waals surface area (Å²) in [4.78, 5) is 45.3. The molecule has 1 aliphatic carbocycles. The van der Waals surface area contributed by atoms with Gasteiger partial charge in [-0.3, -0.25) is 19.3 Å². The van der Waals surface area contributed by atoms with E-state index >= 15 is 0 Å². The predicted octanol–water partition coefficient (Wildman–Crippen LogP) is 5.17. The van der Waals surface area contributed by atoms with Gasteiger partial charge in [-0.15, -0.1) is 0 Å². The van der Waals surface area contributed by atoms with Crippen LogP contribution in [0.1, 0.15) is 56.6 Å². The molecule has 0 spiro atoms. The van der Waals surface area contributed by atoms with Crippen molar-refractivity contribution in [3.05, 3.63) is 84.3 Å². The highest BCUT2D eigenvalue weighted by Crippen LogP contribution is 2.31. The molecule has 1 aromatic heterocycles. The number of methoxy groups -OCH3 is 1. The standard InChI is InChI=1S/C30H33FN4O4/c1-39-25-17-15-21(16-18-25)29(30(38)33-23-9-2-3-10-23)35(24-11-6-8-22(31)20-24)28(37)14-7-13-27(36)34-26-12-4-5-19-32-26/h4-6,8,11-12,15-20,23,29H,2-3,7,9-10,13-14H2,1H3,(H,33,38)(H,32,34,36)/t29-/m0/s1. The van der Waals surface area contributed by atoms with Crippen molar-refractivity contribution in [2.24, 2.45) is 0 Å². The Kier molecular flexibility index (Phi) is 9.61. The number of pyridine rings is 1. The molecule has 0 radical (unpaired) electrons. The number of nitrogens with one attached hydrogen (secondary N) is 2. The molecule has 1 aliphatic rings.